The zero-order valence-corrected chi connectivity index (χ0v) is 32.7. The van der Waals surface area contributed by atoms with Crippen molar-refractivity contribution in [2.75, 3.05) is 83.1 Å². The highest BCUT2D eigenvalue weighted by molar-refractivity contribution is 6.33. The van der Waals surface area contributed by atoms with Gasteiger partial charge in [0.25, 0.3) is 5.91 Å². The Balaban J connectivity index is 1.10. The minimum atomic E-state index is -4.79. The van der Waals surface area contributed by atoms with Crippen LogP contribution in [0.4, 0.5) is 34.1 Å². The number of rotatable bonds is 9. The third-order valence-corrected chi connectivity index (χ3v) is 12.0. The number of anilines is 2. The summed E-state index contributed by atoms with van der Waals surface area (Å²) in [6.45, 7) is 8.83. The van der Waals surface area contributed by atoms with Gasteiger partial charge in [-0.1, -0.05) is 29.8 Å². The molecule has 13 nitrogen and oxygen atoms in total. The number of likely N-dealkylation sites (tertiary alicyclic amines) is 2. The van der Waals surface area contributed by atoms with E-state index >= 15 is 0 Å². The number of benzene rings is 2. The number of halogens is 4. The number of esters is 1. The van der Waals surface area contributed by atoms with E-state index in [9.17, 15) is 32.3 Å². The summed E-state index contributed by atoms with van der Waals surface area (Å²) in [5.74, 6) is -0.753. The van der Waals surface area contributed by atoms with Gasteiger partial charge in [0, 0.05) is 82.6 Å². The van der Waals surface area contributed by atoms with Crippen molar-refractivity contribution in [1.29, 1.82) is 0 Å². The van der Waals surface area contributed by atoms with Crippen LogP contribution >= 0.6 is 11.6 Å². The second kappa shape index (κ2) is 17.5. The van der Waals surface area contributed by atoms with Crippen molar-refractivity contribution in [3.8, 4) is 0 Å². The van der Waals surface area contributed by atoms with Gasteiger partial charge in [-0.25, -0.2) is 9.59 Å². The molecule has 306 valence electrons. The Morgan fingerprint density at radius 1 is 0.982 bits per heavy atom. The number of ether oxygens (including phenoxy) is 2. The number of para-hydroxylation sites is 1. The molecule has 0 aromatic heterocycles. The molecule has 4 aliphatic heterocycles. The summed E-state index contributed by atoms with van der Waals surface area (Å²) >= 11 is 6.14. The Bertz CT molecular complexity index is 1760. The van der Waals surface area contributed by atoms with Gasteiger partial charge in [0.15, 0.2) is 6.10 Å². The molecule has 3 fully saturated rings. The number of alkyl halides is 3. The molecule has 17 heteroatoms. The average molecular weight is 806 g/mol. The van der Waals surface area contributed by atoms with Crippen LogP contribution in [0.5, 0.6) is 0 Å². The minimum Gasteiger partial charge on any atom is -0.465 e. The number of nitrogens with one attached hydrogen (secondary N) is 1. The normalized spacial score (nSPS) is 20.5. The third-order valence-electron chi connectivity index (χ3n) is 11.7. The largest absolute Gasteiger partial charge is 0.465 e. The second-order valence-corrected chi connectivity index (χ2v) is 15.7. The first-order valence-electron chi connectivity index (χ1n) is 19.3. The fraction of sp³-hybridized carbons (Fsp3) is 0.590. The summed E-state index contributed by atoms with van der Waals surface area (Å²) < 4.78 is 52.7. The Labute approximate surface area is 330 Å². The number of amides is 4. The Morgan fingerprint density at radius 3 is 2.32 bits per heavy atom. The lowest BCUT2D eigenvalue weighted by Crippen LogP contribution is -2.61. The lowest BCUT2D eigenvalue weighted by atomic mass is 9.87. The molecule has 3 N–H and O–H groups in total. The maximum absolute atomic E-state index is 14.2. The zero-order valence-electron chi connectivity index (χ0n) is 31.9. The van der Waals surface area contributed by atoms with E-state index in [-0.39, 0.29) is 60.2 Å². The van der Waals surface area contributed by atoms with E-state index in [1.165, 1.54) is 11.0 Å². The van der Waals surface area contributed by atoms with E-state index in [4.69, 9.17) is 26.8 Å². The second-order valence-electron chi connectivity index (χ2n) is 15.3. The molecule has 0 unspecified atom stereocenters. The quantitative estimate of drug-likeness (QED) is 0.262. The average Bonchev–Trinajstić information content (AvgIpc) is 3.34. The molecule has 0 bridgehead atoms. The highest BCUT2D eigenvalue weighted by Gasteiger charge is 2.41. The first kappa shape index (κ1) is 41.4. The maximum atomic E-state index is 14.2. The van der Waals surface area contributed by atoms with Crippen LogP contribution in [0.1, 0.15) is 56.2 Å². The van der Waals surface area contributed by atoms with E-state index in [2.05, 4.69) is 22.0 Å². The summed E-state index contributed by atoms with van der Waals surface area (Å²) in [5.41, 5.74) is 5.66. The minimum absolute atomic E-state index is 0.0512. The lowest BCUT2D eigenvalue weighted by molar-refractivity contribution is -0.145. The van der Waals surface area contributed by atoms with Crippen LogP contribution in [0, 0.1) is 0 Å². The van der Waals surface area contributed by atoms with Gasteiger partial charge in [-0.05, 0) is 75.3 Å². The van der Waals surface area contributed by atoms with Crippen molar-refractivity contribution in [2.24, 2.45) is 0 Å². The van der Waals surface area contributed by atoms with Crippen molar-refractivity contribution in [2.45, 2.75) is 76.2 Å². The number of hydrogen-bond acceptors (Lipinski definition) is 9. The topological polar surface area (TPSA) is 141 Å². The van der Waals surface area contributed by atoms with Crippen LogP contribution < -0.4 is 11.1 Å². The molecular formula is C39H51ClF3N7O6. The molecule has 4 amide bonds. The van der Waals surface area contributed by atoms with Gasteiger partial charge in [0.05, 0.1) is 29.4 Å². The third kappa shape index (κ3) is 9.63. The number of carbonyl (C=O) groups is 4. The van der Waals surface area contributed by atoms with Crippen molar-refractivity contribution in [1.82, 2.24) is 24.5 Å². The molecule has 2 aromatic carbocycles. The van der Waals surface area contributed by atoms with Gasteiger partial charge in [0.1, 0.15) is 0 Å². The summed E-state index contributed by atoms with van der Waals surface area (Å²) in [6, 6.07) is 9.46. The Hall–Kier alpha value is -4.28. The van der Waals surface area contributed by atoms with Gasteiger partial charge >= 0.3 is 24.3 Å². The number of carbonyl (C=O) groups excluding carboxylic acids is 4. The van der Waals surface area contributed by atoms with Crippen molar-refractivity contribution in [3.05, 3.63) is 58.1 Å². The van der Waals surface area contributed by atoms with Crippen LogP contribution in [-0.4, -0.2) is 138 Å². The van der Waals surface area contributed by atoms with Crippen molar-refractivity contribution < 1.29 is 41.8 Å². The standard InChI is InChI=1S/C39H51ClF3N7O6/c1-3-55-33(51)25-46-16-11-38(2,12-17-46)49-20-18-47(19-21-49)35(52)32(24-26-22-29(39(41,42)43)34(44)30(40)23-26)56-37(54)48-13-9-28(10-14-48)50-15-8-27-6-4-5-7-31(27)45-36(50)53/h4-7,22-23,28,32H,3,8-21,24-25,44H2,1-2H3,(H,45,53)/t32-/m1/s1. The van der Waals surface area contributed by atoms with Crippen LogP contribution in [0.3, 0.4) is 0 Å². The van der Waals surface area contributed by atoms with E-state index < -0.39 is 35.5 Å². The molecule has 4 heterocycles. The number of nitrogen functional groups attached to an aromatic ring is 1. The predicted molar refractivity (Wildman–Crippen MR) is 204 cm³/mol. The highest BCUT2D eigenvalue weighted by Crippen LogP contribution is 2.38. The maximum Gasteiger partial charge on any atom is 0.418 e. The van der Waals surface area contributed by atoms with E-state index in [0.29, 0.717) is 58.6 Å². The van der Waals surface area contributed by atoms with Crippen molar-refractivity contribution in [3.63, 3.8) is 0 Å². The summed E-state index contributed by atoms with van der Waals surface area (Å²) in [4.78, 5) is 62.3. The van der Waals surface area contributed by atoms with Gasteiger partial charge < -0.3 is 35.2 Å². The number of fused-ring (bicyclic) bond motifs is 1. The first-order chi connectivity index (χ1) is 26.6. The monoisotopic (exact) mass is 805 g/mol. The van der Waals surface area contributed by atoms with Crippen LogP contribution in [-0.2, 0) is 38.1 Å². The number of nitrogens with zero attached hydrogens (tertiary/aromatic N) is 5. The molecule has 3 saturated heterocycles. The zero-order chi connectivity index (χ0) is 40.2. The molecule has 0 radical (unpaired) electrons. The summed E-state index contributed by atoms with van der Waals surface area (Å²) in [7, 11) is 0. The van der Waals surface area contributed by atoms with Crippen LogP contribution in [0.15, 0.2) is 36.4 Å². The lowest BCUT2D eigenvalue weighted by Gasteiger charge is -2.49. The van der Waals surface area contributed by atoms with Gasteiger partial charge in [0.2, 0.25) is 0 Å². The van der Waals surface area contributed by atoms with E-state index in [1.54, 1.807) is 16.7 Å². The first-order valence-corrected chi connectivity index (χ1v) is 19.7. The Morgan fingerprint density at radius 2 is 1.66 bits per heavy atom. The predicted octanol–water partition coefficient (Wildman–Crippen LogP) is 5.11. The number of hydrogen-bond donors (Lipinski definition) is 2. The Kier molecular flexibility index (Phi) is 12.9. The summed E-state index contributed by atoms with van der Waals surface area (Å²) in [6.07, 6.45) is -4.00. The molecule has 1 atom stereocenters. The van der Waals surface area contributed by atoms with E-state index in [0.717, 1.165) is 43.2 Å². The number of piperidine rings is 2. The van der Waals surface area contributed by atoms with Gasteiger partial charge in [-0.3, -0.25) is 19.4 Å². The van der Waals surface area contributed by atoms with E-state index in [1.807, 2.05) is 24.3 Å². The molecule has 56 heavy (non-hydrogen) atoms. The fourth-order valence-corrected chi connectivity index (χ4v) is 8.52. The smallest absolute Gasteiger partial charge is 0.418 e. The fourth-order valence-electron chi connectivity index (χ4n) is 8.28. The van der Waals surface area contributed by atoms with Crippen LogP contribution in [0.25, 0.3) is 0 Å². The molecule has 0 aliphatic carbocycles. The number of piperazine rings is 1. The number of nitrogens with two attached hydrogens (primary N) is 1. The molecule has 2 aromatic rings. The molecule has 6 rings (SSSR count). The molecule has 4 aliphatic rings. The molecule has 0 spiro atoms. The van der Waals surface area contributed by atoms with Gasteiger partial charge in [-0.15, -0.1) is 0 Å². The summed E-state index contributed by atoms with van der Waals surface area (Å²) in [5, 5.41) is 2.67. The number of urea groups is 1. The SMILES string of the molecule is CCOC(=O)CN1CCC(C)(N2CCN(C(=O)[C@@H](Cc3cc(Cl)c(N)c(C(F)(F)F)c3)OC(=O)N3CCC(N4CCc5ccccc5NC4=O)CC3)CC2)CC1. The molecular weight excluding hydrogens is 755 g/mol. The highest BCUT2D eigenvalue weighted by atomic mass is 35.5. The van der Waals surface area contributed by atoms with Gasteiger partial charge in [-0.2, -0.15) is 13.2 Å². The molecule has 0 saturated carbocycles. The van der Waals surface area contributed by atoms with Crippen LogP contribution in [0.2, 0.25) is 5.02 Å². The van der Waals surface area contributed by atoms with Crippen molar-refractivity contribution >= 4 is 47.0 Å².